The quantitative estimate of drug-likeness (QED) is 0.217. The number of unbranched alkanes of at least 4 members (excludes halogenated alkanes) is 6. The molecule has 0 aromatic heterocycles. The van der Waals surface area contributed by atoms with Crippen molar-refractivity contribution >= 4 is 20.2 Å². The maximum atomic E-state index is 12.1. The molecule has 0 saturated carbocycles. The van der Waals surface area contributed by atoms with Gasteiger partial charge in [0.2, 0.25) is 0 Å². The largest absolute Gasteiger partial charge is 0.457 e. The van der Waals surface area contributed by atoms with Gasteiger partial charge in [0.1, 0.15) is 21.3 Å². The standard InChI is InChI=1S/C21H28O7S2.2H3N/c1-2-3-4-5-6-7-11-14-18-19(28-17-12-9-8-10-13-17)15-16-20(29(22,23)24)21(18)30(25,26)27;;/h8-10,12-13,15-16H,2-7,11,14H2,1H3,(H,22,23,24)(H,25,26,27);2*1H3. The van der Waals surface area contributed by atoms with E-state index < -0.39 is 30.0 Å². The van der Waals surface area contributed by atoms with E-state index in [0.717, 1.165) is 38.2 Å². The van der Waals surface area contributed by atoms with Crippen molar-refractivity contribution in [3.05, 3.63) is 48.0 Å². The summed E-state index contributed by atoms with van der Waals surface area (Å²) in [7, 11) is -9.80. The molecule has 0 aliphatic heterocycles. The Morgan fingerprint density at radius 2 is 1.31 bits per heavy atom. The molecule has 0 saturated heterocycles. The van der Waals surface area contributed by atoms with Gasteiger partial charge in [-0.1, -0.05) is 63.6 Å². The van der Waals surface area contributed by atoms with Gasteiger partial charge in [0, 0.05) is 5.56 Å². The molecule has 0 aliphatic rings. The molecule has 182 valence electrons. The van der Waals surface area contributed by atoms with Crippen LogP contribution in [0.3, 0.4) is 0 Å². The molecular weight excluding hydrogens is 456 g/mol. The van der Waals surface area contributed by atoms with Gasteiger partial charge in [-0.3, -0.25) is 9.11 Å². The van der Waals surface area contributed by atoms with E-state index in [1.54, 1.807) is 30.3 Å². The zero-order chi connectivity index (χ0) is 22.2. The molecule has 32 heavy (non-hydrogen) atoms. The van der Waals surface area contributed by atoms with E-state index in [1.165, 1.54) is 12.5 Å². The molecule has 0 amide bonds. The zero-order valence-corrected chi connectivity index (χ0v) is 20.0. The highest BCUT2D eigenvalue weighted by atomic mass is 32.2. The fourth-order valence-corrected chi connectivity index (χ4v) is 5.35. The SMILES string of the molecule is CCCCCCCCCc1c(Oc2ccccc2)ccc(S(=O)(=O)O)c1S(=O)(=O)O.N.N. The van der Waals surface area contributed by atoms with Gasteiger partial charge in [0.05, 0.1) is 0 Å². The van der Waals surface area contributed by atoms with Gasteiger partial charge in [0.25, 0.3) is 20.2 Å². The van der Waals surface area contributed by atoms with Crippen LogP contribution >= 0.6 is 0 Å². The molecule has 0 spiro atoms. The van der Waals surface area contributed by atoms with Crippen molar-refractivity contribution in [1.82, 2.24) is 12.3 Å². The number of hydrogen-bond donors (Lipinski definition) is 4. The normalized spacial score (nSPS) is 11.3. The lowest BCUT2D eigenvalue weighted by Gasteiger charge is -2.16. The summed E-state index contributed by atoms with van der Waals surface area (Å²) in [6.45, 7) is 2.13. The minimum atomic E-state index is -4.94. The van der Waals surface area contributed by atoms with Crippen LogP contribution in [0.5, 0.6) is 11.5 Å². The summed E-state index contributed by atoms with van der Waals surface area (Å²) in [6, 6.07) is 10.8. The monoisotopic (exact) mass is 490 g/mol. The molecule has 8 N–H and O–H groups in total. The second-order valence-corrected chi connectivity index (χ2v) is 9.85. The summed E-state index contributed by atoms with van der Waals surface area (Å²) >= 11 is 0. The molecule has 9 nitrogen and oxygen atoms in total. The summed E-state index contributed by atoms with van der Waals surface area (Å²) in [6.07, 6.45) is 7.04. The molecule has 0 atom stereocenters. The highest BCUT2D eigenvalue weighted by molar-refractivity contribution is 7.89. The Kier molecular flexibility index (Phi) is 12.7. The second kappa shape index (κ2) is 13.5. The van der Waals surface area contributed by atoms with Gasteiger partial charge in [-0.25, -0.2) is 0 Å². The lowest BCUT2D eigenvalue weighted by Crippen LogP contribution is -2.12. The van der Waals surface area contributed by atoms with Crippen molar-refractivity contribution in [2.45, 2.75) is 68.1 Å². The molecule has 11 heteroatoms. The summed E-state index contributed by atoms with van der Waals surface area (Å²) in [5, 5.41) is 0. The Morgan fingerprint density at radius 3 is 1.84 bits per heavy atom. The predicted octanol–water partition coefficient (Wildman–Crippen LogP) is 5.59. The second-order valence-electron chi connectivity index (χ2n) is 7.11. The summed E-state index contributed by atoms with van der Waals surface area (Å²) < 4.78 is 72.6. The highest BCUT2D eigenvalue weighted by Gasteiger charge is 2.29. The van der Waals surface area contributed by atoms with E-state index in [0.29, 0.717) is 12.2 Å². The lowest BCUT2D eigenvalue weighted by molar-refractivity contribution is 0.451. The van der Waals surface area contributed by atoms with E-state index >= 15 is 0 Å². The average Bonchev–Trinajstić information content (AvgIpc) is 2.67. The van der Waals surface area contributed by atoms with Crippen LogP contribution in [-0.4, -0.2) is 25.9 Å². The average molecular weight is 491 g/mol. The molecule has 0 unspecified atom stereocenters. The maximum absolute atomic E-state index is 12.1. The van der Waals surface area contributed by atoms with E-state index in [2.05, 4.69) is 6.92 Å². The highest BCUT2D eigenvalue weighted by Crippen LogP contribution is 2.36. The molecular formula is C21H34N2O7S2. The van der Waals surface area contributed by atoms with E-state index in [-0.39, 0.29) is 30.0 Å². The first-order chi connectivity index (χ1) is 14.1. The molecule has 2 aromatic carbocycles. The van der Waals surface area contributed by atoms with Crippen molar-refractivity contribution in [2.75, 3.05) is 0 Å². The summed E-state index contributed by atoms with van der Waals surface area (Å²) in [4.78, 5) is -1.69. The Hall–Kier alpha value is -2.02. The fraction of sp³-hybridized carbons (Fsp3) is 0.429. The topological polar surface area (TPSA) is 188 Å². The van der Waals surface area contributed by atoms with Crippen LogP contribution in [0.25, 0.3) is 0 Å². The van der Waals surface area contributed by atoms with E-state index in [4.69, 9.17) is 4.74 Å². The molecule has 0 fully saturated rings. The molecule has 2 rings (SSSR count). The maximum Gasteiger partial charge on any atom is 0.296 e. The third-order valence-corrected chi connectivity index (χ3v) is 6.73. The third-order valence-electron chi connectivity index (χ3n) is 4.72. The Morgan fingerprint density at radius 1 is 0.750 bits per heavy atom. The van der Waals surface area contributed by atoms with Crippen molar-refractivity contribution in [3.8, 4) is 11.5 Å². The summed E-state index contributed by atoms with van der Waals surface area (Å²) in [5.74, 6) is 0.548. The van der Waals surface area contributed by atoms with Crippen LogP contribution in [0.2, 0.25) is 0 Å². The van der Waals surface area contributed by atoms with Crippen LogP contribution in [0.1, 0.15) is 57.4 Å². The fourth-order valence-electron chi connectivity index (χ4n) is 3.28. The van der Waals surface area contributed by atoms with Crippen molar-refractivity contribution < 1.29 is 30.7 Å². The number of rotatable bonds is 12. The minimum Gasteiger partial charge on any atom is -0.457 e. The van der Waals surface area contributed by atoms with Gasteiger partial charge in [-0.2, -0.15) is 16.8 Å². The van der Waals surface area contributed by atoms with Crippen molar-refractivity contribution in [3.63, 3.8) is 0 Å². The predicted molar refractivity (Wildman–Crippen MR) is 124 cm³/mol. The van der Waals surface area contributed by atoms with Gasteiger partial charge in [-0.15, -0.1) is 0 Å². The lowest BCUT2D eigenvalue weighted by atomic mass is 10.0. The van der Waals surface area contributed by atoms with Gasteiger partial charge < -0.3 is 17.0 Å². The smallest absolute Gasteiger partial charge is 0.296 e. The van der Waals surface area contributed by atoms with Gasteiger partial charge in [0.15, 0.2) is 0 Å². The summed E-state index contributed by atoms with van der Waals surface area (Å²) in [5.41, 5.74) is 0.0324. The van der Waals surface area contributed by atoms with Crippen LogP contribution in [0.15, 0.2) is 52.3 Å². The van der Waals surface area contributed by atoms with Crippen molar-refractivity contribution in [1.29, 1.82) is 0 Å². The minimum absolute atomic E-state index is 0. The van der Waals surface area contributed by atoms with Gasteiger partial charge >= 0.3 is 0 Å². The Balaban J connectivity index is 0.00000480. The Bertz CT molecular complexity index is 1040. The first-order valence-electron chi connectivity index (χ1n) is 9.98. The number of benzene rings is 2. The molecule has 0 aliphatic carbocycles. The van der Waals surface area contributed by atoms with Crippen LogP contribution in [0, 0.1) is 0 Å². The first-order valence-corrected chi connectivity index (χ1v) is 12.9. The number of hydrogen-bond acceptors (Lipinski definition) is 7. The molecule has 0 heterocycles. The molecule has 0 radical (unpaired) electrons. The van der Waals surface area contributed by atoms with E-state index in [1.807, 2.05) is 0 Å². The van der Waals surface area contributed by atoms with Crippen LogP contribution in [-0.2, 0) is 26.7 Å². The van der Waals surface area contributed by atoms with Crippen molar-refractivity contribution in [2.24, 2.45) is 0 Å². The Labute approximate surface area is 190 Å². The number of para-hydroxylation sites is 1. The first kappa shape index (κ1) is 30.0. The molecule has 2 aromatic rings. The van der Waals surface area contributed by atoms with Crippen LogP contribution < -0.4 is 17.0 Å². The number of ether oxygens (including phenoxy) is 1. The zero-order valence-electron chi connectivity index (χ0n) is 18.4. The third kappa shape index (κ3) is 8.85. The van der Waals surface area contributed by atoms with E-state index in [9.17, 15) is 25.9 Å². The molecule has 0 bridgehead atoms. The van der Waals surface area contributed by atoms with Gasteiger partial charge in [-0.05, 0) is 37.1 Å². The van der Waals surface area contributed by atoms with Crippen LogP contribution in [0.4, 0.5) is 0 Å².